The van der Waals surface area contributed by atoms with Gasteiger partial charge in [-0.1, -0.05) is 12.1 Å². The van der Waals surface area contributed by atoms with Crippen LogP contribution in [0.1, 0.15) is 15.4 Å². The fourth-order valence-corrected chi connectivity index (χ4v) is 2.83. The minimum Gasteiger partial charge on any atom is -0.306 e. The Kier molecular flexibility index (Phi) is 3.53. The number of para-hydroxylation sites is 2. The number of aryl methyl sites for hydroxylation is 1. The van der Waals surface area contributed by atoms with Crippen LogP contribution in [0, 0.1) is 6.92 Å². The molecule has 4 heteroatoms. The van der Waals surface area contributed by atoms with E-state index in [1.165, 1.54) is 9.75 Å². The normalized spacial score (nSPS) is 11.0. The van der Waals surface area contributed by atoms with Crippen molar-refractivity contribution in [2.45, 2.75) is 20.0 Å². The Bertz CT molecular complexity index is 690. The number of fused-ring (bicyclic) bond motifs is 1. The lowest BCUT2D eigenvalue weighted by Gasteiger charge is -2.03. The van der Waals surface area contributed by atoms with Crippen LogP contribution in [0.2, 0.25) is 0 Å². The molecule has 0 aliphatic rings. The van der Waals surface area contributed by atoms with E-state index in [-0.39, 0.29) is 0 Å². The van der Waals surface area contributed by atoms with Gasteiger partial charge in [-0.3, -0.25) is 4.98 Å². The maximum atomic E-state index is 4.59. The number of rotatable bonds is 4. The highest BCUT2D eigenvalue weighted by Crippen LogP contribution is 2.14. The van der Waals surface area contributed by atoms with E-state index in [0.717, 1.165) is 29.8 Å². The third-order valence-corrected chi connectivity index (χ3v) is 3.90. The first kappa shape index (κ1) is 12.3. The summed E-state index contributed by atoms with van der Waals surface area (Å²) in [5, 5.41) is 3.40. The summed E-state index contributed by atoms with van der Waals surface area (Å²) >= 11 is 1.83. The topological polar surface area (TPSA) is 37.8 Å². The van der Waals surface area contributed by atoms with Crippen molar-refractivity contribution in [2.24, 2.45) is 0 Å². The lowest BCUT2D eigenvalue weighted by Crippen LogP contribution is -2.13. The summed E-state index contributed by atoms with van der Waals surface area (Å²) < 4.78 is 0. The quantitative estimate of drug-likeness (QED) is 0.789. The van der Waals surface area contributed by atoms with E-state index >= 15 is 0 Å². The fraction of sp³-hybridized carbons (Fsp3) is 0.200. The fourth-order valence-electron chi connectivity index (χ4n) is 1.97. The SMILES string of the molecule is Cc1ccc(CNCc2cnc3ccccc3n2)s1. The number of benzene rings is 1. The number of aromatic nitrogens is 2. The van der Waals surface area contributed by atoms with Crippen molar-refractivity contribution in [2.75, 3.05) is 0 Å². The van der Waals surface area contributed by atoms with Crippen LogP contribution in [-0.2, 0) is 13.1 Å². The van der Waals surface area contributed by atoms with Crippen LogP contribution in [0.25, 0.3) is 11.0 Å². The van der Waals surface area contributed by atoms with Gasteiger partial charge in [0, 0.05) is 22.8 Å². The molecule has 3 rings (SSSR count). The molecule has 3 aromatic rings. The van der Waals surface area contributed by atoms with Crippen LogP contribution in [0.4, 0.5) is 0 Å². The molecule has 2 heterocycles. The average molecular weight is 269 g/mol. The lowest BCUT2D eigenvalue weighted by atomic mass is 10.3. The summed E-state index contributed by atoms with van der Waals surface area (Å²) in [5.41, 5.74) is 2.88. The van der Waals surface area contributed by atoms with E-state index in [4.69, 9.17) is 0 Å². The molecule has 0 saturated carbocycles. The molecule has 1 N–H and O–H groups in total. The molecule has 0 aliphatic heterocycles. The Morgan fingerprint density at radius 2 is 1.89 bits per heavy atom. The van der Waals surface area contributed by atoms with Gasteiger partial charge >= 0.3 is 0 Å². The van der Waals surface area contributed by atoms with Gasteiger partial charge in [0.2, 0.25) is 0 Å². The first-order valence-corrected chi connectivity index (χ1v) is 7.09. The molecule has 0 radical (unpaired) electrons. The van der Waals surface area contributed by atoms with Crippen molar-refractivity contribution < 1.29 is 0 Å². The third kappa shape index (κ3) is 2.97. The Morgan fingerprint density at radius 1 is 1.05 bits per heavy atom. The molecule has 0 atom stereocenters. The second-order valence-corrected chi connectivity index (χ2v) is 5.84. The van der Waals surface area contributed by atoms with Crippen molar-refractivity contribution in [1.82, 2.24) is 15.3 Å². The van der Waals surface area contributed by atoms with Crippen LogP contribution in [-0.4, -0.2) is 9.97 Å². The zero-order valence-electron chi connectivity index (χ0n) is 10.8. The van der Waals surface area contributed by atoms with Gasteiger partial charge in [-0.15, -0.1) is 11.3 Å². The Hall–Kier alpha value is -1.78. The highest BCUT2D eigenvalue weighted by atomic mass is 32.1. The summed E-state index contributed by atoms with van der Waals surface area (Å²) in [4.78, 5) is 11.7. The molecule has 0 unspecified atom stereocenters. The van der Waals surface area contributed by atoms with Crippen LogP contribution >= 0.6 is 11.3 Å². The van der Waals surface area contributed by atoms with Crippen molar-refractivity contribution >= 4 is 22.4 Å². The minimum atomic E-state index is 0.745. The number of hydrogen-bond acceptors (Lipinski definition) is 4. The van der Waals surface area contributed by atoms with Gasteiger partial charge in [0.25, 0.3) is 0 Å². The predicted octanol–water partition coefficient (Wildman–Crippen LogP) is 3.29. The predicted molar refractivity (Wildman–Crippen MR) is 79.1 cm³/mol. The Labute approximate surface area is 116 Å². The van der Waals surface area contributed by atoms with E-state index in [9.17, 15) is 0 Å². The van der Waals surface area contributed by atoms with Gasteiger partial charge in [-0.25, -0.2) is 4.98 Å². The van der Waals surface area contributed by atoms with Crippen molar-refractivity contribution in [3.63, 3.8) is 0 Å². The molecular formula is C15H15N3S. The maximum absolute atomic E-state index is 4.59. The van der Waals surface area contributed by atoms with Gasteiger partial charge in [0.1, 0.15) is 0 Å². The molecule has 0 saturated heterocycles. The van der Waals surface area contributed by atoms with Crippen LogP contribution < -0.4 is 5.32 Å². The van der Waals surface area contributed by atoms with Crippen molar-refractivity contribution in [3.8, 4) is 0 Å². The van der Waals surface area contributed by atoms with Crippen LogP contribution in [0.5, 0.6) is 0 Å². The van der Waals surface area contributed by atoms with Gasteiger partial charge in [-0.05, 0) is 31.2 Å². The van der Waals surface area contributed by atoms with E-state index in [2.05, 4.69) is 34.3 Å². The smallest absolute Gasteiger partial charge is 0.0890 e. The molecule has 0 spiro atoms. The summed E-state index contributed by atoms with van der Waals surface area (Å²) in [7, 11) is 0. The van der Waals surface area contributed by atoms with Crippen LogP contribution in [0.15, 0.2) is 42.6 Å². The molecule has 96 valence electrons. The number of nitrogens with zero attached hydrogens (tertiary/aromatic N) is 2. The zero-order chi connectivity index (χ0) is 13.1. The summed E-state index contributed by atoms with van der Waals surface area (Å²) in [6.45, 7) is 3.75. The van der Waals surface area contributed by atoms with Gasteiger partial charge in [0.05, 0.1) is 22.9 Å². The van der Waals surface area contributed by atoms with Crippen molar-refractivity contribution in [1.29, 1.82) is 0 Å². The molecule has 3 nitrogen and oxygen atoms in total. The lowest BCUT2D eigenvalue weighted by molar-refractivity contribution is 0.686. The summed E-state index contributed by atoms with van der Waals surface area (Å²) in [6, 6.07) is 12.3. The van der Waals surface area contributed by atoms with Crippen molar-refractivity contribution in [3.05, 3.63) is 58.0 Å². The van der Waals surface area contributed by atoms with Crippen LogP contribution in [0.3, 0.4) is 0 Å². The molecule has 0 fully saturated rings. The standard InChI is InChI=1S/C15H15N3S/c1-11-6-7-13(19-11)10-16-8-12-9-17-14-4-2-3-5-15(14)18-12/h2-7,9,16H,8,10H2,1H3. The minimum absolute atomic E-state index is 0.745. The second kappa shape index (κ2) is 5.47. The van der Waals surface area contributed by atoms with Gasteiger partial charge in [0.15, 0.2) is 0 Å². The largest absolute Gasteiger partial charge is 0.306 e. The second-order valence-electron chi connectivity index (χ2n) is 4.47. The summed E-state index contributed by atoms with van der Waals surface area (Å²) in [6.07, 6.45) is 1.84. The highest BCUT2D eigenvalue weighted by molar-refractivity contribution is 7.11. The molecular weight excluding hydrogens is 254 g/mol. The highest BCUT2D eigenvalue weighted by Gasteiger charge is 2.00. The molecule has 2 aromatic heterocycles. The van der Waals surface area contributed by atoms with E-state index in [1.54, 1.807) is 0 Å². The Balaban J connectivity index is 1.65. The van der Waals surface area contributed by atoms with Gasteiger partial charge < -0.3 is 5.32 Å². The number of hydrogen-bond donors (Lipinski definition) is 1. The van der Waals surface area contributed by atoms with E-state index in [1.807, 2.05) is 41.8 Å². The molecule has 1 aromatic carbocycles. The monoisotopic (exact) mass is 269 g/mol. The Morgan fingerprint density at radius 3 is 2.68 bits per heavy atom. The average Bonchev–Trinajstić information content (AvgIpc) is 2.84. The van der Waals surface area contributed by atoms with E-state index in [0.29, 0.717) is 0 Å². The number of thiophene rings is 1. The molecule has 19 heavy (non-hydrogen) atoms. The summed E-state index contributed by atoms with van der Waals surface area (Å²) in [5.74, 6) is 0. The molecule has 0 bridgehead atoms. The number of nitrogens with one attached hydrogen (secondary N) is 1. The molecule has 0 amide bonds. The molecule has 0 aliphatic carbocycles. The third-order valence-electron chi connectivity index (χ3n) is 2.90. The first-order valence-electron chi connectivity index (χ1n) is 6.28. The first-order chi connectivity index (χ1) is 9.31. The zero-order valence-corrected chi connectivity index (χ0v) is 11.6. The van der Waals surface area contributed by atoms with Gasteiger partial charge in [-0.2, -0.15) is 0 Å². The maximum Gasteiger partial charge on any atom is 0.0890 e. The van der Waals surface area contributed by atoms with E-state index < -0.39 is 0 Å².